The highest BCUT2D eigenvalue weighted by molar-refractivity contribution is 5.75. The lowest BCUT2D eigenvalue weighted by Crippen LogP contribution is -2.44. The second-order valence-electron chi connectivity index (χ2n) is 4.53. The van der Waals surface area contributed by atoms with E-state index < -0.39 is 5.97 Å². The van der Waals surface area contributed by atoms with Crippen molar-refractivity contribution >= 4 is 12.0 Å². The van der Waals surface area contributed by atoms with Crippen molar-refractivity contribution < 1.29 is 14.7 Å². The zero-order valence-electron chi connectivity index (χ0n) is 11.8. The second-order valence-corrected chi connectivity index (χ2v) is 4.53. The number of carboxylic acid groups (broad SMARTS) is 1. The molecule has 0 aromatic carbocycles. The summed E-state index contributed by atoms with van der Waals surface area (Å²) in [5.74, 6) is -0.888. The van der Waals surface area contributed by atoms with Crippen molar-refractivity contribution in [2.24, 2.45) is 0 Å². The number of nitrogens with zero attached hydrogens (tertiary/aromatic N) is 2. The molecule has 0 aliphatic rings. The molecule has 0 bridgehead atoms. The number of aliphatic carboxylic acids is 1. The van der Waals surface area contributed by atoms with E-state index in [1.54, 1.807) is 0 Å². The number of amides is 2. The predicted molar refractivity (Wildman–Crippen MR) is 70.7 cm³/mol. The highest BCUT2D eigenvalue weighted by atomic mass is 16.4. The average Bonchev–Trinajstić information content (AvgIpc) is 2.29. The number of carbonyl (C=O) groups is 2. The molecule has 2 amide bonds. The summed E-state index contributed by atoms with van der Waals surface area (Å²) in [5, 5.41) is 11.4. The molecule has 106 valence electrons. The highest BCUT2D eigenvalue weighted by Crippen LogP contribution is 1.94. The van der Waals surface area contributed by atoms with Crippen LogP contribution in [-0.2, 0) is 4.79 Å². The average molecular weight is 259 g/mol. The maximum absolute atomic E-state index is 11.7. The summed E-state index contributed by atoms with van der Waals surface area (Å²) < 4.78 is 0. The molecule has 2 N–H and O–H groups in total. The van der Waals surface area contributed by atoms with Gasteiger partial charge in [-0.1, -0.05) is 0 Å². The Morgan fingerprint density at radius 3 is 2.33 bits per heavy atom. The monoisotopic (exact) mass is 259 g/mol. The van der Waals surface area contributed by atoms with Crippen molar-refractivity contribution in [1.29, 1.82) is 0 Å². The lowest BCUT2D eigenvalue weighted by Gasteiger charge is -2.23. The fourth-order valence-corrected chi connectivity index (χ4v) is 1.34. The Bertz CT molecular complexity index is 269. The van der Waals surface area contributed by atoms with Gasteiger partial charge in [-0.25, -0.2) is 4.79 Å². The van der Waals surface area contributed by atoms with Crippen LogP contribution in [0.5, 0.6) is 0 Å². The van der Waals surface area contributed by atoms with Gasteiger partial charge in [-0.3, -0.25) is 4.79 Å². The Morgan fingerprint density at radius 2 is 1.89 bits per heavy atom. The number of carboxylic acids is 1. The van der Waals surface area contributed by atoms with Crippen molar-refractivity contribution in [3.63, 3.8) is 0 Å². The molecule has 6 nitrogen and oxygen atoms in total. The maximum atomic E-state index is 11.7. The summed E-state index contributed by atoms with van der Waals surface area (Å²) in [6.07, 6.45) is -0.0207. The largest absolute Gasteiger partial charge is 0.481 e. The van der Waals surface area contributed by atoms with Gasteiger partial charge in [-0.2, -0.15) is 0 Å². The summed E-state index contributed by atoms with van der Waals surface area (Å²) in [7, 11) is 2.00. The first kappa shape index (κ1) is 16.7. The first-order valence-corrected chi connectivity index (χ1v) is 6.33. The van der Waals surface area contributed by atoms with E-state index in [2.05, 4.69) is 24.1 Å². The van der Waals surface area contributed by atoms with Crippen molar-refractivity contribution in [3.05, 3.63) is 0 Å². The number of hydrogen-bond acceptors (Lipinski definition) is 3. The molecule has 0 radical (unpaired) electrons. The van der Waals surface area contributed by atoms with E-state index in [-0.39, 0.29) is 19.0 Å². The smallest absolute Gasteiger partial charge is 0.317 e. The van der Waals surface area contributed by atoms with Crippen LogP contribution in [0.15, 0.2) is 0 Å². The quantitative estimate of drug-likeness (QED) is 0.677. The van der Waals surface area contributed by atoms with Gasteiger partial charge in [0.1, 0.15) is 0 Å². The number of rotatable bonds is 8. The van der Waals surface area contributed by atoms with E-state index in [9.17, 15) is 9.59 Å². The van der Waals surface area contributed by atoms with Crippen LogP contribution in [0.3, 0.4) is 0 Å². The Kier molecular flexibility index (Phi) is 8.11. The molecule has 0 aromatic rings. The third kappa shape index (κ3) is 7.11. The summed E-state index contributed by atoms with van der Waals surface area (Å²) in [6, 6.07) is 0.243. The van der Waals surface area contributed by atoms with Gasteiger partial charge >= 0.3 is 12.0 Å². The van der Waals surface area contributed by atoms with E-state index in [1.807, 2.05) is 14.0 Å². The number of urea groups is 1. The van der Waals surface area contributed by atoms with Gasteiger partial charge in [0.05, 0.1) is 6.42 Å². The molecule has 0 saturated carbocycles. The van der Waals surface area contributed by atoms with Crippen molar-refractivity contribution in [3.8, 4) is 0 Å². The predicted octanol–water partition coefficient (Wildman–Crippen LogP) is 0.833. The number of hydrogen-bond donors (Lipinski definition) is 2. The third-order valence-corrected chi connectivity index (χ3v) is 2.89. The van der Waals surface area contributed by atoms with Crippen molar-refractivity contribution in [1.82, 2.24) is 15.1 Å². The van der Waals surface area contributed by atoms with Gasteiger partial charge in [-0.15, -0.1) is 0 Å². The zero-order valence-corrected chi connectivity index (χ0v) is 11.8. The van der Waals surface area contributed by atoms with E-state index in [0.29, 0.717) is 19.1 Å². The molecule has 0 rings (SSSR count). The summed E-state index contributed by atoms with van der Waals surface area (Å²) in [4.78, 5) is 25.8. The minimum absolute atomic E-state index is 0.0207. The van der Waals surface area contributed by atoms with Crippen molar-refractivity contribution in [2.75, 3.05) is 33.2 Å². The molecular formula is C12H25N3O3. The maximum Gasteiger partial charge on any atom is 0.317 e. The first-order chi connectivity index (χ1) is 8.38. The third-order valence-electron chi connectivity index (χ3n) is 2.89. The molecule has 0 aliphatic carbocycles. The molecule has 0 heterocycles. The molecule has 0 saturated heterocycles. The van der Waals surface area contributed by atoms with E-state index in [4.69, 9.17) is 5.11 Å². The molecule has 18 heavy (non-hydrogen) atoms. The Labute approximate surface area is 109 Å². The van der Waals surface area contributed by atoms with Crippen LogP contribution in [0.2, 0.25) is 0 Å². The minimum Gasteiger partial charge on any atom is -0.481 e. The SMILES string of the molecule is CCN(CCC(=O)O)C(=O)NCCN(C)C(C)C. The molecule has 0 atom stereocenters. The zero-order chi connectivity index (χ0) is 14.1. The van der Waals surface area contributed by atoms with Gasteiger partial charge in [0, 0.05) is 32.2 Å². The van der Waals surface area contributed by atoms with Gasteiger partial charge < -0.3 is 20.2 Å². The summed E-state index contributed by atoms with van der Waals surface area (Å²) >= 11 is 0. The standard InChI is InChI=1S/C12H25N3O3/c1-5-15(8-6-11(16)17)12(18)13-7-9-14(4)10(2)3/h10H,5-9H2,1-4H3,(H,13,18)(H,16,17). The lowest BCUT2D eigenvalue weighted by molar-refractivity contribution is -0.137. The Balaban J connectivity index is 3.93. The van der Waals surface area contributed by atoms with Crippen LogP contribution in [0.4, 0.5) is 4.79 Å². The Morgan fingerprint density at radius 1 is 1.28 bits per heavy atom. The van der Waals surface area contributed by atoms with Gasteiger partial charge in [-0.05, 0) is 27.8 Å². The van der Waals surface area contributed by atoms with Gasteiger partial charge in [0.15, 0.2) is 0 Å². The van der Waals surface area contributed by atoms with Crippen LogP contribution in [-0.4, -0.2) is 66.2 Å². The highest BCUT2D eigenvalue weighted by Gasteiger charge is 2.12. The molecule has 0 aliphatic heterocycles. The first-order valence-electron chi connectivity index (χ1n) is 6.33. The summed E-state index contributed by atoms with van der Waals surface area (Å²) in [5.41, 5.74) is 0. The second kappa shape index (κ2) is 8.74. The summed E-state index contributed by atoms with van der Waals surface area (Å²) in [6.45, 7) is 8.12. The van der Waals surface area contributed by atoms with Crippen LogP contribution in [0, 0.1) is 0 Å². The molecule has 0 aromatic heterocycles. The number of carbonyl (C=O) groups excluding carboxylic acids is 1. The normalized spacial score (nSPS) is 10.8. The minimum atomic E-state index is -0.888. The molecule has 0 spiro atoms. The fraction of sp³-hybridized carbons (Fsp3) is 0.833. The fourth-order valence-electron chi connectivity index (χ4n) is 1.34. The van der Waals surface area contributed by atoms with Crippen LogP contribution in [0.25, 0.3) is 0 Å². The van der Waals surface area contributed by atoms with Crippen LogP contribution < -0.4 is 5.32 Å². The number of nitrogens with one attached hydrogen (secondary N) is 1. The topological polar surface area (TPSA) is 72.9 Å². The molecule has 0 fully saturated rings. The van der Waals surface area contributed by atoms with E-state index in [0.717, 1.165) is 6.54 Å². The van der Waals surface area contributed by atoms with E-state index >= 15 is 0 Å². The lowest BCUT2D eigenvalue weighted by atomic mass is 10.3. The van der Waals surface area contributed by atoms with Crippen LogP contribution in [0.1, 0.15) is 27.2 Å². The molecule has 0 unspecified atom stereocenters. The Hall–Kier alpha value is -1.30. The van der Waals surface area contributed by atoms with Crippen molar-refractivity contribution in [2.45, 2.75) is 33.2 Å². The van der Waals surface area contributed by atoms with Gasteiger partial charge in [0.2, 0.25) is 0 Å². The van der Waals surface area contributed by atoms with Gasteiger partial charge in [0.25, 0.3) is 0 Å². The number of likely N-dealkylation sites (N-methyl/N-ethyl adjacent to an activating group) is 1. The molecule has 6 heteroatoms. The van der Waals surface area contributed by atoms with E-state index in [1.165, 1.54) is 4.90 Å². The van der Waals surface area contributed by atoms with Crippen LogP contribution >= 0.6 is 0 Å². The molecular weight excluding hydrogens is 234 g/mol.